The van der Waals surface area contributed by atoms with E-state index in [9.17, 15) is 0 Å². The van der Waals surface area contributed by atoms with Crippen LogP contribution in [-0.2, 0) is 6.54 Å². The molecule has 2 aromatic carbocycles. The van der Waals surface area contributed by atoms with Gasteiger partial charge in [0, 0.05) is 29.2 Å². The van der Waals surface area contributed by atoms with Gasteiger partial charge in [0.15, 0.2) is 0 Å². The van der Waals surface area contributed by atoms with Gasteiger partial charge in [-0.25, -0.2) is 4.98 Å². The third-order valence-corrected chi connectivity index (χ3v) is 6.40. The number of H-pyrrole nitrogens is 1. The molecule has 1 aliphatic rings. The Kier molecular flexibility index (Phi) is 4.58. The minimum Gasteiger partial charge on any atom is -0.497 e. The van der Waals surface area contributed by atoms with Gasteiger partial charge in [-0.2, -0.15) is 5.10 Å². The molecule has 1 N–H and O–H groups in total. The van der Waals surface area contributed by atoms with Crippen LogP contribution in [0.15, 0.2) is 54.2 Å². The molecule has 0 radical (unpaired) electrons. The molecule has 0 unspecified atom stereocenters. The maximum Gasteiger partial charge on any atom is 0.119 e. The van der Waals surface area contributed by atoms with Crippen LogP contribution >= 0.6 is 11.3 Å². The molecule has 2 aromatic heterocycles. The molecule has 6 heteroatoms. The van der Waals surface area contributed by atoms with Crippen molar-refractivity contribution in [1.29, 1.82) is 0 Å². The quantitative estimate of drug-likeness (QED) is 0.519. The summed E-state index contributed by atoms with van der Waals surface area (Å²) in [5.74, 6) is 0.879. The Morgan fingerprint density at radius 1 is 1.21 bits per heavy atom. The van der Waals surface area contributed by atoms with Crippen LogP contribution in [0.4, 0.5) is 0 Å². The van der Waals surface area contributed by atoms with Crippen LogP contribution in [0.1, 0.15) is 29.5 Å². The lowest BCUT2D eigenvalue weighted by molar-refractivity contribution is 0.248. The standard InChI is InChI=1S/C22H22N4OS/c1-27-19-7-6-15-11-17(5-4-16(15)12-19)21-18(13-24-25-21)14-26-9-2-3-20(26)22-23-8-10-28-22/h4-8,10-13,20H,2-3,9,14H2,1H3,(H,24,25)/t20-/m1/s1. The van der Waals surface area contributed by atoms with Crippen molar-refractivity contribution in [2.45, 2.75) is 25.4 Å². The van der Waals surface area contributed by atoms with Gasteiger partial charge in [-0.3, -0.25) is 10.00 Å². The van der Waals surface area contributed by atoms with E-state index in [0.29, 0.717) is 6.04 Å². The first kappa shape index (κ1) is 17.4. The van der Waals surface area contributed by atoms with Gasteiger partial charge in [-0.1, -0.05) is 18.2 Å². The lowest BCUT2D eigenvalue weighted by Crippen LogP contribution is -2.22. The van der Waals surface area contributed by atoms with E-state index in [1.165, 1.54) is 34.2 Å². The zero-order valence-corrected chi connectivity index (χ0v) is 16.6. The molecule has 0 spiro atoms. The van der Waals surface area contributed by atoms with Gasteiger partial charge >= 0.3 is 0 Å². The fourth-order valence-electron chi connectivity index (χ4n) is 4.10. The molecule has 142 valence electrons. The molecule has 1 atom stereocenters. The smallest absolute Gasteiger partial charge is 0.119 e. The molecule has 4 aromatic rings. The van der Waals surface area contributed by atoms with Gasteiger partial charge in [0.2, 0.25) is 0 Å². The van der Waals surface area contributed by atoms with Gasteiger partial charge < -0.3 is 4.74 Å². The monoisotopic (exact) mass is 390 g/mol. The van der Waals surface area contributed by atoms with Crippen molar-refractivity contribution >= 4 is 22.1 Å². The van der Waals surface area contributed by atoms with E-state index >= 15 is 0 Å². The molecular formula is C22H22N4OS. The van der Waals surface area contributed by atoms with E-state index in [-0.39, 0.29) is 0 Å². The predicted molar refractivity (Wildman–Crippen MR) is 113 cm³/mol. The van der Waals surface area contributed by atoms with E-state index in [4.69, 9.17) is 4.74 Å². The number of likely N-dealkylation sites (tertiary alicyclic amines) is 1. The topological polar surface area (TPSA) is 54.0 Å². The molecule has 0 amide bonds. The van der Waals surface area contributed by atoms with E-state index in [2.05, 4.69) is 55.8 Å². The number of nitrogens with one attached hydrogen (secondary N) is 1. The summed E-state index contributed by atoms with van der Waals surface area (Å²) in [6.45, 7) is 1.99. The van der Waals surface area contributed by atoms with E-state index in [1.54, 1.807) is 18.4 Å². The molecule has 1 aliphatic heterocycles. The molecule has 28 heavy (non-hydrogen) atoms. The largest absolute Gasteiger partial charge is 0.497 e. The molecule has 5 rings (SSSR count). The average Bonchev–Trinajstić information content (AvgIpc) is 3.49. The molecule has 0 bridgehead atoms. The normalized spacial score (nSPS) is 17.4. The number of ether oxygens (including phenoxy) is 1. The van der Waals surface area contributed by atoms with Crippen molar-refractivity contribution in [2.24, 2.45) is 0 Å². The third kappa shape index (κ3) is 3.19. The van der Waals surface area contributed by atoms with E-state index < -0.39 is 0 Å². The highest BCUT2D eigenvalue weighted by molar-refractivity contribution is 7.09. The Labute approximate surface area is 168 Å². The van der Waals surface area contributed by atoms with Crippen LogP contribution < -0.4 is 4.74 Å². The summed E-state index contributed by atoms with van der Waals surface area (Å²) >= 11 is 1.76. The number of thiazole rings is 1. The predicted octanol–water partition coefficient (Wildman–Crippen LogP) is 5.03. The highest BCUT2D eigenvalue weighted by Crippen LogP contribution is 2.35. The van der Waals surface area contributed by atoms with Gasteiger partial charge in [-0.15, -0.1) is 11.3 Å². The highest BCUT2D eigenvalue weighted by atomic mass is 32.1. The van der Waals surface area contributed by atoms with Crippen molar-refractivity contribution in [2.75, 3.05) is 13.7 Å². The summed E-state index contributed by atoms with van der Waals surface area (Å²) < 4.78 is 5.33. The maximum absolute atomic E-state index is 5.33. The Bertz CT molecular complexity index is 1090. The summed E-state index contributed by atoms with van der Waals surface area (Å²) in [6.07, 6.45) is 6.27. The molecule has 0 aliphatic carbocycles. The molecule has 1 saturated heterocycles. The molecule has 5 nitrogen and oxygen atoms in total. The highest BCUT2D eigenvalue weighted by Gasteiger charge is 2.28. The second-order valence-corrected chi connectivity index (χ2v) is 8.12. The number of rotatable bonds is 5. The first-order valence-corrected chi connectivity index (χ1v) is 10.4. The number of aromatic nitrogens is 3. The Balaban J connectivity index is 1.44. The lowest BCUT2D eigenvalue weighted by Gasteiger charge is -2.22. The van der Waals surface area contributed by atoms with Crippen molar-refractivity contribution in [3.63, 3.8) is 0 Å². The number of nitrogens with zero attached hydrogens (tertiary/aromatic N) is 3. The first-order chi connectivity index (χ1) is 13.8. The van der Waals surface area contributed by atoms with Crippen LogP contribution in [0.2, 0.25) is 0 Å². The van der Waals surface area contributed by atoms with Crippen molar-refractivity contribution in [3.05, 3.63) is 64.7 Å². The van der Waals surface area contributed by atoms with Gasteiger partial charge in [0.1, 0.15) is 10.8 Å². The lowest BCUT2D eigenvalue weighted by atomic mass is 10.0. The first-order valence-electron chi connectivity index (χ1n) is 9.56. The summed E-state index contributed by atoms with van der Waals surface area (Å²) in [7, 11) is 1.70. The van der Waals surface area contributed by atoms with Crippen LogP contribution in [0, 0.1) is 0 Å². The minimum absolute atomic E-state index is 0.423. The maximum atomic E-state index is 5.33. The van der Waals surface area contributed by atoms with Crippen molar-refractivity contribution in [3.8, 4) is 17.0 Å². The zero-order valence-electron chi connectivity index (χ0n) is 15.8. The van der Waals surface area contributed by atoms with Gasteiger partial charge in [-0.05, 0) is 48.4 Å². The summed E-state index contributed by atoms with van der Waals surface area (Å²) in [4.78, 5) is 7.08. The van der Waals surface area contributed by atoms with Crippen molar-refractivity contribution < 1.29 is 4.74 Å². The minimum atomic E-state index is 0.423. The molecule has 3 heterocycles. The Morgan fingerprint density at radius 3 is 2.96 bits per heavy atom. The Morgan fingerprint density at radius 2 is 2.11 bits per heavy atom. The van der Waals surface area contributed by atoms with Crippen LogP contribution in [0.3, 0.4) is 0 Å². The average molecular weight is 391 g/mol. The van der Waals surface area contributed by atoms with Gasteiger partial charge in [0.05, 0.1) is 25.0 Å². The fraction of sp³-hybridized carbons (Fsp3) is 0.273. The number of hydrogen-bond donors (Lipinski definition) is 1. The SMILES string of the molecule is COc1ccc2cc(-c3[nH]ncc3CN3CCC[C@@H]3c3nccs3)ccc2c1. The number of aromatic amines is 1. The van der Waals surface area contributed by atoms with Crippen molar-refractivity contribution in [1.82, 2.24) is 20.1 Å². The number of fused-ring (bicyclic) bond motifs is 1. The molecular weight excluding hydrogens is 368 g/mol. The number of methoxy groups -OCH3 is 1. The number of hydrogen-bond acceptors (Lipinski definition) is 5. The molecule has 1 fully saturated rings. The molecule has 0 saturated carbocycles. The fourth-order valence-corrected chi connectivity index (χ4v) is 4.91. The Hall–Kier alpha value is -2.70. The third-order valence-electron chi connectivity index (χ3n) is 5.53. The second-order valence-electron chi connectivity index (χ2n) is 7.20. The van der Waals surface area contributed by atoms with Crippen LogP contribution in [0.25, 0.3) is 22.0 Å². The summed E-state index contributed by atoms with van der Waals surface area (Å²) in [6, 6.07) is 13.1. The van der Waals surface area contributed by atoms with E-state index in [1.807, 2.05) is 18.5 Å². The van der Waals surface area contributed by atoms with Crippen LogP contribution in [0.5, 0.6) is 5.75 Å². The zero-order chi connectivity index (χ0) is 18.9. The summed E-state index contributed by atoms with van der Waals surface area (Å²) in [5, 5.41) is 13.2. The van der Waals surface area contributed by atoms with Crippen LogP contribution in [-0.4, -0.2) is 33.7 Å². The second kappa shape index (κ2) is 7.37. The van der Waals surface area contributed by atoms with E-state index in [0.717, 1.165) is 30.1 Å². The van der Waals surface area contributed by atoms with Gasteiger partial charge in [0.25, 0.3) is 0 Å². The number of benzene rings is 2. The summed E-state index contributed by atoms with van der Waals surface area (Å²) in [5.41, 5.74) is 3.49.